The Labute approximate surface area is 117 Å². The van der Waals surface area contributed by atoms with Crippen LogP contribution in [0, 0.1) is 13.8 Å². The van der Waals surface area contributed by atoms with Crippen molar-refractivity contribution in [2.45, 2.75) is 58.2 Å². The van der Waals surface area contributed by atoms with Gasteiger partial charge in [0.2, 0.25) is 0 Å². The van der Waals surface area contributed by atoms with E-state index in [-0.39, 0.29) is 0 Å². The van der Waals surface area contributed by atoms with Gasteiger partial charge in [0, 0.05) is 31.2 Å². The molecule has 1 saturated carbocycles. The number of benzene rings is 1. The van der Waals surface area contributed by atoms with Gasteiger partial charge < -0.3 is 5.32 Å². The van der Waals surface area contributed by atoms with E-state index >= 15 is 0 Å². The number of rotatable bonds is 4. The lowest BCUT2D eigenvalue weighted by Crippen LogP contribution is -2.35. The van der Waals surface area contributed by atoms with E-state index in [9.17, 15) is 0 Å². The van der Waals surface area contributed by atoms with Crippen LogP contribution in [0.5, 0.6) is 0 Å². The molecule has 1 aromatic carbocycles. The van der Waals surface area contributed by atoms with Gasteiger partial charge in [-0.2, -0.15) is 0 Å². The summed E-state index contributed by atoms with van der Waals surface area (Å²) in [7, 11) is 0. The van der Waals surface area contributed by atoms with E-state index in [4.69, 9.17) is 0 Å². The number of likely N-dealkylation sites (tertiary alicyclic amines) is 1. The number of nitrogens with one attached hydrogen (secondary N) is 1. The number of hydrogen-bond acceptors (Lipinski definition) is 2. The minimum atomic E-state index is 0.462. The fourth-order valence-corrected chi connectivity index (χ4v) is 3.36. The van der Waals surface area contributed by atoms with Gasteiger partial charge in [0.15, 0.2) is 0 Å². The summed E-state index contributed by atoms with van der Waals surface area (Å²) in [5.41, 5.74) is 4.23. The summed E-state index contributed by atoms with van der Waals surface area (Å²) in [5, 5.41) is 3.83. The molecule has 0 amide bonds. The largest absolute Gasteiger partial charge is 0.306 e. The van der Waals surface area contributed by atoms with Gasteiger partial charge in [-0.05, 0) is 51.2 Å². The molecule has 0 radical (unpaired) electrons. The molecule has 1 saturated heterocycles. The Morgan fingerprint density at radius 3 is 2.74 bits per heavy atom. The molecule has 1 aromatic rings. The van der Waals surface area contributed by atoms with Gasteiger partial charge in [0.05, 0.1) is 0 Å². The lowest BCUT2D eigenvalue weighted by molar-refractivity contribution is 0.313. The van der Waals surface area contributed by atoms with Gasteiger partial charge in [-0.1, -0.05) is 23.8 Å². The van der Waals surface area contributed by atoms with Gasteiger partial charge in [-0.15, -0.1) is 0 Å². The Balaban J connectivity index is 1.61. The average Bonchev–Trinajstić information content (AvgIpc) is 3.13. The summed E-state index contributed by atoms with van der Waals surface area (Å²) in [6.45, 7) is 9.25. The summed E-state index contributed by atoms with van der Waals surface area (Å²) < 4.78 is 0. The van der Waals surface area contributed by atoms with E-state index in [1.807, 2.05) is 0 Å². The second-order valence-electron chi connectivity index (χ2n) is 6.46. The van der Waals surface area contributed by atoms with Crippen molar-refractivity contribution < 1.29 is 0 Å². The van der Waals surface area contributed by atoms with Crippen molar-refractivity contribution in [1.29, 1.82) is 0 Å². The fourth-order valence-electron chi connectivity index (χ4n) is 3.36. The zero-order chi connectivity index (χ0) is 13.4. The Bertz CT molecular complexity index is 451. The zero-order valence-corrected chi connectivity index (χ0v) is 12.4. The van der Waals surface area contributed by atoms with E-state index < -0.39 is 0 Å². The summed E-state index contributed by atoms with van der Waals surface area (Å²) in [5.74, 6) is 0. The molecule has 2 unspecified atom stereocenters. The Morgan fingerprint density at radius 1 is 1.21 bits per heavy atom. The molecule has 2 nitrogen and oxygen atoms in total. The first-order valence-corrected chi connectivity index (χ1v) is 7.71. The highest BCUT2D eigenvalue weighted by Gasteiger charge is 2.34. The Hall–Kier alpha value is -0.860. The van der Waals surface area contributed by atoms with Crippen LogP contribution < -0.4 is 5.32 Å². The minimum absolute atomic E-state index is 0.462. The first-order chi connectivity index (χ1) is 9.13. The lowest BCUT2D eigenvalue weighted by atomic mass is 9.99. The molecular weight excluding hydrogens is 232 g/mol. The van der Waals surface area contributed by atoms with Crippen LogP contribution >= 0.6 is 0 Å². The molecule has 2 aliphatic rings. The first-order valence-electron chi connectivity index (χ1n) is 7.71. The predicted molar refractivity (Wildman–Crippen MR) is 80.5 cm³/mol. The van der Waals surface area contributed by atoms with Crippen LogP contribution in [-0.4, -0.2) is 30.1 Å². The third-order valence-corrected chi connectivity index (χ3v) is 4.67. The molecule has 1 N–H and O–H groups in total. The van der Waals surface area contributed by atoms with Crippen molar-refractivity contribution in [3.05, 3.63) is 34.9 Å². The molecule has 0 bridgehead atoms. The van der Waals surface area contributed by atoms with E-state index in [0.717, 1.165) is 6.04 Å². The van der Waals surface area contributed by atoms with E-state index in [2.05, 4.69) is 49.2 Å². The first kappa shape index (κ1) is 13.1. The molecule has 1 aliphatic carbocycles. The Kier molecular flexibility index (Phi) is 3.64. The van der Waals surface area contributed by atoms with Crippen LogP contribution in [-0.2, 0) is 0 Å². The highest BCUT2D eigenvalue weighted by atomic mass is 15.2. The molecule has 2 atom stereocenters. The third-order valence-electron chi connectivity index (χ3n) is 4.67. The van der Waals surface area contributed by atoms with Crippen molar-refractivity contribution in [2.24, 2.45) is 0 Å². The van der Waals surface area contributed by atoms with Gasteiger partial charge in [0.1, 0.15) is 0 Å². The van der Waals surface area contributed by atoms with Gasteiger partial charge in [-0.25, -0.2) is 0 Å². The van der Waals surface area contributed by atoms with Gasteiger partial charge in [-0.3, -0.25) is 4.90 Å². The van der Waals surface area contributed by atoms with E-state index in [0.29, 0.717) is 12.1 Å². The summed E-state index contributed by atoms with van der Waals surface area (Å²) in [6.07, 6.45) is 4.17. The molecule has 1 heterocycles. The van der Waals surface area contributed by atoms with Crippen molar-refractivity contribution >= 4 is 0 Å². The summed E-state index contributed by atoms with van der Waals surface area (Å²) >= 11 is 0. The molecule has 2 heteroatoms. The SMILES string of the molecule is Cc1ccc(C)c(C(C)NC2CCN(C3CC3)C2)c1. The molecule has 1 aliphatic heterocycles. The van der Waals surface area contributed by atoms with E-state index in [1.165, 1.54) is 49.0 Å². The van der Waals surface area contributed by atoms with Gasteiger partial charge >= 0.3 is 0 Å². The standard InChI is InChI=1S/C17H26N2/c1-12-4-5-13(2)17(10-12)14(3)18-15-8-9-19(11-15)16-6-7-16/h4-5,10,14-16,18H,6-9,11H2,1-3H3. The average molecular weight is 258 g/mol. The second kappa shape index (κ2) is 5.26. The molecule has 104 valence electrons. The Morgan fingerprint density at radius 2 is 2.00 bits per heavy atom. The van der Waals surface area contributed by atoms with Crippen LogP contribution in [0.4, 0.5) is 0 Å². The molecule has 0 spiro atoms. The van der Waals surface area contributed by atoms with E-state index in [1.54, 1.807) is 0 Å². The van der Waals surface area contributed by atoms with Crippen molar-refractivity contribution in [2.75, 3.05) is 13.1 Å². The molecule has 3 rings (SSSR count). The van der Waals surface area contributed by atoms with Crippen molar-refractivity contribution in [1.82, 2.24) is 10.2 Å². The second-order valence-corrected chi connectivity index (χ2v) is 6.46. The normalized spacial score (nSPS) is 25.7. The summed E-state index contributed by atoms with van der Waals surface area (Å²) in [6, 6.07) is 8.84. The van der Waals surface area contributed by atoms with Crippen LogP contribution in [0.15, 0.2) is 18.2 Å². The molecule has 19 heavy (non-hydrogen) atoms. The maximum atomic E-state index is 3.83. The lowest BCUT2D eigenvalue weighted by Gasteiger charge is -2.22. The van der Waals surface area contributed by atoms with Crippen LogP contribution in [0.1, 0.15) is 48.9 Å². The van der Waals surface area contributed by atoms with Gasteiger partial charge in [0.25, 0.3) is 0 Å². The van der Waals surface area contributed by atoms with Crippen LogP contribution in [0.3, 0.4) is 0 Å². The number of aryl methyl sites for hydroxylation is 2. The monoisotopic (exact) mass is 258 g/mol. The fraction of sp³-hybridized carbons (Fsp3) is 0.647. The van der Waals surface area contributed by atoms with Crippen LogP contribution in [0.25, 0.3) is 0 Å². The summed E-state index contributed by atoms with van der Waals surface area (Å²) in [4.78, 5) is 2.67. The molecule has 0 aromatic heterocycles. The highest BCUT2D eigenvalue weighted by molar-refractivity contribution is 5.32. The maximum Gasteiger partial charge on any atom is 0.0297 e. The van der Waals surface area contributed by atoms with Crippen molar-refractivity contribution in [3.8, 4) is 0 Å². The van der Waals surface area contributed by atoms with Crippen molar-refractivity contribution in [3.63, 3.8) is 0 Å². The third kappa shape index (κ3) is 3.01. The zero-order valence-electron chi connectivity index (χ0n) is 12.4. The number of nitrogens with zero attached hydrogens (tertiary/aromatic N) is 1. The predicted octanol–water partition coefficient (Wildman–Crippen LogP) is 3.19. The quantitative estimate of drug-likeness (QED) is 0.892. The number of hydrogen-bond donors (Lipinski definition) is 1. The maximum absolute atomic E-state index is 3.83. The van der Waals surface area contributed by atoms with Crippen LogP contribution in [0.2, 0.25) is 0 Å². The highest BCUT2D eigenvalue weighted by Crippen LogP contribution is 2.30. The topological polar surface area (TPSA) is 15.3 Å². The molecular formula is C17H26N2. The smallest absolute Gasteiger partial charge is 0.0297 e. The molecule has 2 fully saturated rings. The minimum Gasteiger partial charge on any atom is -0.306 e.